The van der Waals surface area contributed by atoms with Crippen LogP contribution in [-0.2, 0) is 0 Å². The average molecular weight is 222 g/mol. The maximum Gasteiger partial charge on any atom is 0.101 e. The van der Waals surface area contributed by atoms with Crippen LogP contribution in [0.1, 0.15) is 16.7 Å². The van der Waals surface area contributed by atoms with Crippen LogP contribution in [0.3, 0.4) is 0 Å². The van der Waals surface area contributed by atoms with Crippen molar-refractivity contribution in [3.63, 3.8) is 0 Å². The molecule has 2 aromatic rings. The number of rotatable bonds is 2. The van der Waals surface area contributed by atoms with Crippen molar-refractivity contribution in [2.75, 3.05) is 5.32 Å². The molecule has 2 rings (SSSR count). The van der Waals surface area contributed by atoms with Crippen molar-refractivity contribution in [3.05, 3.63) is 59.2 Å². The van der Waals surface area contributed by atoms with Crippen LogP contribution in [0, 0.1) is 25.2 Å². The van der Waals surface area contributed by atoms with E-state index in [1.807, 2.05) is 56.3 Å². The van der Waals surface area contributed by atoms with Crippen molar-refractivity contribution in [1.29, 1.82) is 5.26 Å². The second-order valence-electron chi connectivity index (χ2n) is 4.10. The fraction of sp³-hybridized carbons (Fsp3) is 0.133. The molecule has 0 heterocycles. The second-order valence-corrected chi connectivity index (χ2v) is 4.10. The summed E-state index contributed by atoms with van der Waals surface area (Å²) in [5.74, 6) is 0. The monoisotopic (exact) mass is 222 g/mol. The average Bonchev–Trinajstić information content (AvgIpc) is 2.34. The Morgan fingerprint density at radius 1 is 1.00 bits per heavy atom. The molecule has 84 valence electrons. The van der Waals surface area contributed by atoms with Crippen LogP contribution >= 0.6 is 0 Å². The van der Waals surface area contributed by atoms with Gasteiger partial charge in [-0.05, 0) is 43.2 Å². The maximum atomic E-state index is 9.10. The van der Waals surface area contributed by atoms with E-state index in [0.29, 0.717) is 5.56 Å². The van der Waals surface area contributed by atoms with Crippen LogP contribution in [0.15, 0.2) is 42.5 Å². The number of hydrogen-bond acceptors (Lipinski definition) is 2. The van der Waals surface area contributed by atoms with E-state index in [1.54, 1.807) is 0 Å². The minimum absolute atomic E-state index is 0.674. The summed E-state index contributed by atoms with van der Waals surface area (Å²) in [5.41, 5.74) is 4.82. The molecule has 0 radical (unpaired) electrons. The summed E-state index contributed by atoms with van der Waals surface area (Å²) in [6, 6.07) is 16.1. The number of para-hydroxylation sites is 1. The fourth-order valence-electron chi connectivity index (χ4n) is 1.72. The van der Waals surface area contributed by atoms with Gasteiger partial charge < -0.3 is 5.32 Å². The number of nitriles is 1. The highest BCUT2D eigenvalue weighted by Crippen LogP contribution is 2.23. The SMILES string of the molecule is Cc1ccc(Nc2ccccc2C)c(C#N)c1. The molecule has 0 atom stereocenters. The molecule has 0 unspecified atom stereocenters. The number of nitrogens with one attached hydrogen (secondary N) is 1. The lowest BCUT2D eigenvalue weighted by Crippen LogP contribution is -1.95. The predicted molar refractivity (Wildman–Crippen MR) is 70.4 cm³/mol. The third-order valence-corrected chi connectivity index (χ3v) is 2.71. The summed E-state index contributed by atoms with van der Waals surface area (Å²) in [6.07, 6.45) is 0. The molecule has 0 aliphatic rings. The van der Waals surface area contributed by atoms with Gasteiger partial charge in [-0.3, -0.25) is 0 Å². The van der Waals surface area contributed by atoms with Gasteiger partial charge in [0, 0.05) is 5.69 Å². The van der Waals surface area contributed by atoms with Crippen molar-refractivity contribution in [3.8, 4) is 6.07 Å². The van der Waals surface area contributed by atoms with Crippen LogP contribution in [0.2, 0.25) is 0 Å². The molecule has 0 aliphatic carbocycles. The van der Waals surface area contributed by atoms with E-state index < -0.39 is 0 Å². The molecule has 2 nitrogen and oxygen atoms in total. The molecule has 2 aromatic carbocycles. The summed E-state index contributed by atoms with van der Waals surface area (Å²) in [5, 5.41) is 12.4. The van der Waals surface area contributed by atoms with Crippen molar-refractivity contribution in [1.82, 2.24) is 0 Å². The smallest absolute Gasteiger partial charge is 0.101 e. The normalized spacial score (nSPS) is 9.71. The van der Waals surface area contributed by atoms with E-state index in [0.717, 1.165) is 22.5 Å². The number of anilines is 2. The van der Waals surface area contributed by atoms with Crippen LogP contribution in [0.5, 0.6) is 0 Å². The van der Waals surface area contributed by atoms with Gasteiger partial charge in [-0.1, -0.05) is 24.3 Å². The fourth-order valence-corrected chi connectivity index (χ4v) is 1.72. The first-order chi connectivity index (χ1) is 8.20. The second kappa shape index (κ2) is 4.71. The van der Waals surface area contributed by atoms with Crippen LogP contribution in [-0.4, -0.2) is 0 Å². The zero-order valence-corrected chi connectivity index (χ0v) is 9.99. The molecule has 0 spiro atoms. The molecular weight excluding hydrogens is 208 g/mol. The molecular formula is C15H14N2. The standard InChI is InChI=1S/C15H14N2/c1-11-7-8-15(13(9-11)10-16)17-14-6-4-3-5-12(14)2/h3-9,17H,1-2H3. The molecule has 0 aromatic heterocycles. The summed E-state index contributed by atoms with van der Waals surface area (Å²) >= 11 is 0. The molecule has 0 saturated heterocycles. The van der Waals surface area contributed by atoms with Crippen molar-refractivity contribution in [2.45, 2.75) is 13.8 Å². The highest BCUT2D eigenvalue weighted by atomic mass is 14.9. The first-order valence-corrected chi connectivity index (χ1v) is 5.54. The third kappa shape index (κ3) is 2.46. The van der Waals surface area contributed by atoms with Gasteiger partial charge in [0.15, 0.2) is 0 Å². The minimum atomic E-state index is 0.674. The first-order valence-electron chi connectivity index (χ1n) is 5.54. The summed E-state index contributed by atoms with van der Waals surface area (Å²) < 4.78 is 0. The van der Waals surface area contributed by atoms with Crippen LogP contribution in [0.4, 0.5) is 11.4 Å². The van der Waals surface area contributed by atoms with Gasteiger partial charge in [0.1, 0.15) is 6.07 Å². The van der Waals surface area contributed by atoms with E-state index >= 15 is 0 Å². The quantitative estimate of drug-likeness (QED) is 0.836. The van der Waals surface area contributed by atoms with E-state index in [9.17, 15) is 0 Å². The topological polar surface area (TPSA) is 35.8 Å². The van der Waals surface area contributed by atoms with Crippen molar-refractivity contribution < 1.29 is 0 Å². The summed E-state index contributed by atoms with van der Waals surface area (Å²) in [7, 11) is 0. The van der Waals surface area contributed by atoms with E-state index in [2.05, 4.69) is 11.4 Å². The number of nitrogens with zero attached hydrogens (tertiary/aromatic N) is 1. The van der Waals surface area contributed by atoms with Crippen molar-refractivity contribution in [2.24, 2.45) is 0 Å². The van der Waals surface area contributed by atoms with Gasteiger partial charge in [0.25, 0.3) is 0 Å². The predicted octanol–water partition coefficient (Wildman–Crippen LogP) is 3.92. The lowest BCUT2D eigenvalue weighted by atomic mass is 10.1. The van der Waals surface area contributed by atoms with Gasteiger partial charge >= 0.3 is 0 Å². The van der Waals surface area contributed by atoms with Gasteiger partial charge in [0.05, 0.1) is 11.3 Å². The Kier molecular flexibility index (Phi) is 3.11. The lowest BCUT2D eigenvalue weighted by molar-refractivity contribution is 1.38. The van der Waals surface area contributed by atoms with Crippen LogP contribution in [0.25, 0.3) is 0 Å². The maximum absolute atomic E-state index is 9.10. The van der Waals surface area contributed by atoms with Gasteiger partial charge in [-0.2, -0.15) is 5.26 Å². The largest absolute Gasteiger partial charge is 0.354 e. The highest BCUT2D eigenvalue weighted by molar-refractivity contribution is 5.68. The van der Waals surface area contributed by atoms with Crippen LogP contribution < -0.4 is 5.32 Å². The van der Waals surface area contributed by atoms with Crippen molar-refractivity contribution >= 4 is 11.4 Å². The lowest BCUT2D eigenvalue weighted by Gasteiger charge is -2.11. The molecule has 0 fully saturated rings. The Hall–Kier alpha value is -2.27. The Morgan fingerprint density at radius 2 is 1.76 bits per heavy atom. The zero-order chi connectivity index (χ0) is 12.3. The molecule has 0 amide bonds. The number of benzene rings is 2. The van der Waals surface area contributed by atoms with E-state index in [1.165, 1.54) is 0 Å². The summed E-state index contributed by atoms with van der Waals surface area (Å²) in [6.45, 7) is 4.03. The third-order valence-electron chi connectivity index (χ3n) is 2.71. The van der Waals surface area contributed by atoms with E-state index in [-0.39, 0.29) is 0 Å². The number of aryl methyl sites for hydroxylation is 2. The van der Waals surface area contributed by atoms with Gasteiger partial charge in [-0.15, -0.1) is 0 Å². The zero-order valence-electron chi connectivity index (χ0n) is 9.99. The Morgan fingerprint density at radius 3 is 2.47 bits per heavy atom. The molecule has 0 aliphatic heterocycles. The Labute approximate surface area is 102 Å². The Bertz CT molecular complexity index is 580. The number of hydrogen-bond donors (Lipinski definition) is 1. The first kappa shape index (κ1) is 11.2. The van der Waals surface area contributed by atoms with Gasteiger partial charge in [0.2, 0.25) is 0 Å². The molecule has 0 saturated carbocycles. The Balaban J connectivity index is 2.37. The summed E-state index contributed by atoms with van der Waals surface area (Å²) in [4.78, 5) is 0. The molecule has 1 N–H and O–H groups in total. The molecule has 17 heavy (non-hydrogen) atoms. The van der Waals surface area contributed by atoms with Gasteiger partial charge in [-0.25, -0.2) is 0 Å². The van der Waals surface area contributed by atoms with E-state index in [4.69, 9.17) is 5.26 Å². The highest BCUT2D eigenvalue weighted by Gasteiger charge is 2.03. The molecule has 2 heteroatoms. The molecule has 0 bridgehead atoms. The minimum Gasteiger partial charge on any atom is -0.354 e.